The maximum atomic E-state index is 12.6. The number of carbonyl (C=O) groups is 2. The topological polar surface area (TPSA) is 132 Å². The smallest absolute Gasteiger partial charge is 0.278 e. The lowest BCUT2D eigenvalue weighted by molar-refractivity contribution is -0.188. The molecule has 1 unspecified atom stereocenters. The van der Waals surface area contributed by atoms with Gasteiger partial charge >= 0.3 is 0 Å². The standard InChI is InChI=1S/C16H17N2O6P/c1-9-14(8-15(10(2)19)11(3)20)16(21)18(17-9)12-4-6-13(7-5-12)25(22,23)24/h4-8,17H,1-3H3,(H2,22,23,24)/p-1. The van der Waals surface area contributed by atoms with Crippen molar-refractivity contribution in [1.82, 2.24) is 9.78 Å². The zero-order valence-corrected chi connectivity index (χ0v) is 14.7. The van der Waals surface area contributed by atoms with Crippen LogP contribution in [0.25, 0.3) is 11.8 Å². The van der Waals surface area contributed by atoms with Crippen LogP contribution in [0.15, 0.2) is 34.6 Å². The summed E-state index contributed by atoms with van der Waals surface area (Å²) in [5.74, 6) is -0.893. The zero-order valence-electron chi connectivity index (χ0n) is 13.8. The SMILES string of the molecule is CC(=O)C(=Cc1c(C)[nH]n(-c2ccc(P(=O)([O-])O)cc2)c1=O)C(C)=O. The van der Waals surface area contributed by atoms with E-state index in [1.54, 1.807) is 6.92 Å². The molecule has 8 nitrogen and oxygen atoms in total. The van der Waals surface area contributed by atoms with Gasteiger partial charge in [0.25, 0.3) is 5.56 Å². The molecule has 2 N–H and O–H groups in total. The van der Waals surface area contributed by atoms with Crippen LogP contribution in [0.4, 0.5) is 0 Å². The average Bonchev–Trinajstić information content (AvgIpc) is 2.78. The summed E-state index contributed by atoms with van der Waals surface area (Å²) in [6, 6.07) is 5.02. The molecule has 0 fully saturated rings. The van der Waals surface area contributed by atoms with Crippen molar-refractivity contribution < 1.29 is 23.9 Å². The molecule has 0 saturated heterocycles. The van der Waals surface area contributed by atoms with Gasteiger partial charge < -0.3 is 14.4 Å². The lowest BCUT2D eigenvalue weighted by atomic mass is 10.1. The number of H-pyrrole nitrogens is 1. The summed E-state index contributed by atoms with van der Waals surface area (Å²) in [7, 11) is -4.62. The zero-order chi connectivity index (χ0) is 18.9. The van der Waals surface area contributed by atoms with Crippen LogP contribution in [0.3, 0.4) is 0 Å². The molecule has 0 saturated carbocycles. The fourth-order valence-electron chi connectivity index (χ4n) is 2.30. The molecule has 0 aliphatic rings. The molecule has 0 amide bonds. The molecule has 2 aromatic rings. The number of Topliss-reactive ketones (excluding diaryl/α,β-unsaturated/α-hetero) is 2. The number of carbonyl (C=O) groups excluding carboxylic acids is 2. The molecule has 2 rings (SSSR count). The molecule has 1 aromatic carbocycles. The molecular formula is C16H16N2O6P-. The van der Waals surface area contributed by atoms with Gasteiger partial charge in [-0.05, 0) is 51.1 Å². The Kier molecular flexibility index (Phi) is 5.08. The number of hydrogen-bond acceptors (Lipinski definition) is 5. The van der Waals surface area contributed by atoms with E-state index < -0.39 is 24.7 Å². The van der Waals surface area contributed by atoms with Crippen LogP contribution in [0.1, 0.15) is 25.1 Å². The summed E-state index contributed by atoms with van der Waals surface area (Å²) in [6.45, 7) is 4.08. The molecule has 1 heterocycles. The van der Waals surface area contributed by atoms with Crippen molar-refractivity contribution in [2.24, 2.45) is 0 Å². The van der Waals surface area contributed by atoms with Crippen LogP contribution in [0, 0.1) is 6.92 Å². The number of aryl methyl sites for hydroxylation is 1. The fourth-order valence-corrected chi connectivity index (χ4v) is 2.82. The van der Waals surface area contributed by atoms with E-state index in [-0.39, 0.29) is 16.4 Å². The summed E-state index contributed by atoms with van der Waals surface area (Å²) < 4.78 is 12.2. The molecule has 0 bridgehead atoms. The summed E-state index contributed by atoms with van der Waals surface area (Å²) in [4.78, 5) is 55.7. The second-order valence-electron chi connectivity index (χ2n) is 5.50. The number of ketones is 2. The highest BCUT2D eigenvalue weighted by Gasteiger charge is 2.16. The molecule has 25 heavy (non-hydrogen) atoms. The van der Waals surface area contributed by atoms with Crippen LogP contribution < -0.4 is 15.8 Å². The number of aromatic amines is 1. The summed E-state index contributed by atoms with van der Waals surface area (Å²) in [6.07, 6.45) is 1.24. The fraction of sp³-hybridized carbons (Fsp3) is 0.188. The van der Waals surface area contributed by atoms with Crippen LogP contribution in [0.5, 0.6) is 0 Å². The molecule has 9 heteroatoms. The van der Waals surface area contributed by atoms with E-state index in [0.29, 0.717) is 11.4 Å². The Labute approximate surface area is 142 Å². The Balaban J connectivity index is 2.55. The van der Waals surface area contributed by atoms with E-state index in [2.05, 4.69) is 5.10 Å². The van der Waals surface area contributed by atoms with E-state index in [4.69, 9.17) is 4.89 Å². The minimum Gasteiger partial charge on any atom is -0.775 e. The predicted molar refractivity (Wildman–Crippen MR) is 89.9 cm³/mol. The molecule has 0 spiro atoms. The molecule has 132 valence electrons. The van der Waals surface area contributed by atoms with Crippen molar-refractivity contribution in [3.8, 4) is 5.69 Å². The average molecular weight is 363 g/mol. The number of nitrogens with one attached hydrogen (secondary N) is 1. The van der Waals surface area contributed by atoms with Gasteiger partial charge in [0, 0.05) is 11.0 Å². The van der Waals surface area contributed by atoms with Gasteiger partial charge in [-0.2, -0.15) is 0 Å². The summed E-state index contributed by atoms with van der Waals surface area (Å²) >= 11 is 0. The Morgan fingerprint density at radius 1 is 1.20 bits per heavy atom. The Morgan fingerprint density at radius 2 is 1.72 bits per heavy atom. The van der Waals surface area contributed by atoms with Crippen molar-refractivity contribution >= 4 is 30.5 Å². The van der Waals surface area contributed by atoms with Crippen molar-refractivity contribution in [1.29, 1.82) is 0 Å². The molecular weight excluding hydrogens is 347 g/mol. The van der Waals surface area contributed by atoms with Gasteiger partial charge in [-0.25, -0.2) is 4.68 Å². The first-order chi connectivity index (χ1) is 11.5. The quantitative estimate of drug-likeness (QED) is 0.338. The highest BCUT2D eigenvalue weighted by molar-refractivity contribution is 7.58. The van der Waals surface area contributed by atoms with Crippen LogP contribution in [-0.2, 0) is 14.2 Å². The molecule has 0 aliphatic heterocycles. The number of benzene rings is 1. The molecule has 1 atom stereocenters. The summed E-state index contributed by atoms with van der Waals surface area (Å²) in [5, 5.41) is 2.52. The number of hydrogen-bond donors (Lipinski definition) is 2. The first-order valence-electron chi connectivity index (χ1n) is 7.22. The van der Waals surface area contributed by atoms with Crippen molar-refractivity contribution in [3.05, 3.63) is 51.4 Å². The van der Waals surface area contributed by atoms with E-state index in [0.717, 1.165) is 16.8 Å². The van der Waals surface area contributed by atoms with Crippen molar-refractivity contribution in [2.45, 2.75) is 20.8 Å². The maximum absolute atomic E-state index is 12.6. The number of allylic oxidation sites excluding steroid dienone is 1. The third-order valence-corrected chi connectivity index (χ3v) is 4.55. The Bertz CT molecular complexity index is 959. The van der Waals surface area contributed by atoms with Crippen molar-refractivity contribution in [3.63, 3.8) is 0 Å². The molecule has 0 aliphatic carbocycles. The summed E-state index contributed by atoms with van der Waals surface area (Å²) in [5.41, 5.74) is 0.331. The second kappa shape index (κ2) is 6.76. The second-order valence-corrected chi connectivity index (χ2v) is 7.06. The normalized spacial score (nSPS) is 13.2. The van der Waals surface area contributed by atoms with Crippen LogP contribution in [-0.4, -0.2) is 26.2 Å². The third-order valence-electron chi connectivity index (χ3n) is 3.60. The Morgan fingerprint density at radius 3 is 2.16 bits per heavy atom. The van der Waals surface area contributed by atoms with E-state index in [1.165, 1.54) is 32.1 Å². The van der Waals surface area contributed by atoms with Crippen LogP contribution >= 0.6 is 7.60 Å². The lowest BCUT2D eigenvalue weighted by Gasteiger charge is -2.15. The van der Waals surface area contributed by atoms with Crippen molar-refractivity contribution in [2.75, 3.05) is 0 Å². The number of nitrogens with zero attached hydrogens (tertiary/aromatic N) is 1. The number of aromatic nitrogens is 2. The van der Waals surface area contributed by atoms with E-state index in [9.17, 15) is 23.8 Å². The Hall–Kier alpha value is -2.54. The van der Waals surface area contributed by atoms with Gasteiger partial charge in [-0.3, -0.25) is 19.5 Å². The largest absolute Gasteiger partial charge is 0.775 e. The monoisotopic (exact) mass is 363 g/mol. The molecule has 1 aromatic heterocycles. The highest BCUT2D eigenvalue weighted by atomic mass is 31.2. The highest BCUT2D eigenvalue weighted by Crippen LogP contribution is 2.27. The third kappa shape index (κ3) is 3.93. The van der Waals surface area contributed by atoms with Gasteiger partial charge in [0.2, 0.25) is 0 Å². The lowest BCUT2D eigenvalue weighted by Crippen LogP contribution is -2.18. The van der Waals surface area contributed by atoms with E-state index >= 15 is 0 Å². The number of rotatable bonds is 5. The molecule has 0 radical (unpaired) electrons. The predicted octanol–water partition coefficient (Wildman–Crippen LogP) is 0.206. The first kappa shape index (κ1) is 18.8. The maximum Gasteiger partial charge on any atom is 0.278 e. The minimum absolute atomic E-state index is 0.0886. The minimum atomic E-state index is -4.62. The van der Waals surface area contributed by atoms with E-state index in [1.807, 2.05) is 0 Å². The van der Waals surface area contributed by atoms with Gasteiger partial charge in [0.05, 0.1) is 16.8 Å². The van der Waals surface area contributed by atoms with Gasteiger partial charge in [0.1, 0.15) is 0 Å². The van der Waals surface area contributed by atoms with Gasteiger partial charge in [-0.1, -0.05) is 0 Å². The van der Waals surface area contributed by atoms with Crippen LogP contribution in [0.2, 0.25) is 0 Å². The van der Waals surface area contributed by atoms with Gasteiger partial charge in [0.15, 0.2) is 19.2 Å². The van der Waals surface area contributed by atoms with Gasteiger partial charge in [-0.15, -0.1) is 0 Å². The first-order valence-corrected chi connectivity index (χ1v) is 8.80.